The number of rotatable bonds is 6. The Morgan fingerprint density at radius 2 is 2.00 bits per heavy atom. The van der Waals surface area contributed by atoms with Gasteiger partial charge in [-0.15, -0.1) is 0 Å². The summed E-state index contributed by atoms with van der Waals surface area (Å²) in [4.78, 5) is 0. The molecule has 0 saturated carbocycles. The van der Waals surface area contributed by atoms with E-state index in [0.29, 0.717) is 46.8 Å². The van der Waals surface area contributed by atoms with Gasteiger partial charge in [-0.3, -0.25) is 4.68 Å². The molecule has 4 nitrogen and oxygen atoms in total. The van der Waals surface area contributed by atoms with E-state index < -0.39 is 12.1 Å². The average molecular weight is 365 g/mol. The average Bonchev–Trinajstić information content (AvgIpc) is 2.98. The molecule has 7 heteroatoms. The van der Waals surface area contributed by atoms with Crippen molar-refractivity contribution in [2.24, 2.45) is 5.92 Å². The van der Waals surface area contributed by atoms with Gasteiger partial charge in [0.25, 0.3) is 0 Å². The van der Waals surface area contributed by atoms with E-state index in [0.717, 1.165) is 6.92 Å². The van der Waals surface area contributed by atoms with Crippen LogP contribution in [0, 0.1) is 17.2 Å². The first-order valence-corrected chi connectivity index (χ1v) is 8.50. The second-order valence-corrected chi connectivity index (χ2v) is 6.13. The van der Waals surface area contributed by atoms with E-state index in [4.69, 9.17) is 4.74 Å². The van der Waals surface area contributed by atoms with Crippen LogP contribution in [0.1, 0.15) is 37.6 Å². The molecule has 1 aromatic carbocycles. The molecule has 1 aromatic heterocycles. The van der Waals surface area contributed by atoms with E-state index in [9.17, 15) is 18.4 Å². The molecule has 0 aliphatic heterocycles. The van der Waals surface area contributed by atoms with E-state index in [2.05, 4.69) is 11.2 Å². The number of hydrogen-bond donors (Lipinski definition) is 0. The Kier molecular flexibility index (Phi) is 5.96. The van der Waals surface area contributed by atoms with E-state index in [-0.39, 0.29) is 6.42 Å². The van der Waals surface area contributed by atoms with Crippen LogP contribution < -0.4 is 4.74 Å². The van der Waals surface area contributed by atoms with Crippen molar-refractivity contribution in [1.82, 2.24) is 9.78 Å². The van der Waals surface area contributed by atoms with Gasteiger partial charge in [0.05, 0.1) is 24.4 Å². The van der Waals surface area contributed by atoms with Gasteiger partial charge in [0.2, 0.25) is 0 Å². The van der Waals surface area contributed by atoms with Gasteiger partial charge in [-0.2, -0.15) is 23.5 Å². The topological polar surface area (TPSA) is 50.8 Å². The number of nitrogens with zero attached hydrogens (tertiary/aromatic N) is 3. The zero-order valence-electron chi connectivity index (χ0n) is 15.3. The van der Waals surface area contributed by atoms with Gasteiger partial charge in [0.1, 0.15) is 17.4 Å². The largest absolute Gasteiger partial charge is 0.496 e. The molecule has 1 atom stereocenters. The third-order valence-corrected chi connectivity index (χ3v) is 4.39. The molecule has 1 heterocycles. The first-order valence-electron chi connectivity index (χ1n) is 8.50. The van der Waals surface area contributed by atoms with Crippen LogP contribution in [0.4, 0.5) is 13.2 Å². The monoisotopic (exact) mass is 365 g/mol. The van der Waals surface area contributed by atoms with Gasteiger partial charge in [0, 0.05) is 12.1 Å². The molecule has 0 radical (unpaired) electrons. The Labute approximate surface area is 151 Å². The molecule has 0 spiro atoms. The van der Waals surface area contributed by atoms with E-state index in [1.807, 2.05) is 13.8 Å². The van der Waals surface area contributed by atoms with Crippen molar-refractivity contribution in [2.45, 2.75) is 46.3 Å². The normalized spacial score (nSPS) is 12.7. The van der Waals surface area contributed by atoms with Crippen molar-refractivity contribution in [3.63, 3.8) is 0 Å². The molecule has 0 saturated heterocycles. The lowest BCUT2D eigenvalue weighted by Gasteiger charge is -2.17. The summed E-state index contributed by atoms with van der Waals surface area (Å²) in [5.74, 6) is -1.01. The maximum absolute atomic E-state index is 12.8. The van der Waals surface area contributed by atoms with Crippen molar-refractivity contribution in [1.29, 1.82) is 5.26 Å². The van der Waals surface area contributed by atoms with Crippen molar-refractivity contribution >= 4 is 0 Å². The van der Waals surface area contributed by atoms with E-state index in [1.165, 1.54) is 7.11 Å². The number of nitriles is 1. The Morgan fingerprint density at radius 3 is 2.50 bits per heavy atom. The van der Waals surface area contributed by atoms with Crippen LogP contribution in [0.25, 0.3) is 11.3 Å². The fourth-order valence-electron chi connectivity index (χ4n) is 2.91. The minimum absolute atomic E-state index is 0.126. The van der Waals surface area contributed by atoms with Crippen LogP contribution >= 0.6 is 0 Å². The summed E-state index contributed by atoms with van der Waals surface area (Å²) in [7, 11) is 1.47. The number of halogens is 3. The minimum atomic E-state index is -4.24. The summed E-state index contributed by atoms with van der Waals surface area (Å²) in [6.45, 7) is 5.57. The highest BCUT2D eigenvalue weighted by Gasteiger charge is 2.35. The molecule has 2 aromatic rings. The minimum Gasteiger partial charge on any atom is -0.496 e. The molecular formula is C19H22F3N3O. The maximum Gasteiger partial charge on any atom is 0.391 e. The number of ether oxygens (including phenoxy) is 1. The van der Waals surface area contributed by atoms with Gasteiger partial charge >= 0.3 is 6.18 Å². The number of methoxy groups -OCH3 is 1. The Balaban J connectivity index is 2.53. The van der Waals surface area contributed by atoms with Crippen LogP contribution in [0.3, 0.4) is 0 Å². The molecule has 0 bridgehead atoms. The van der Waals surface area contributed by atoms with E-state index in [1.54, 1.807) is 22.9 Å². The highest BCUT2D eigenvalue weighted by Crippen LogP contribution is 2.36. The zero-order valence-corrected chi connectivity index (χ0v) is 15.3. The van der Waals surface area contributed by atoms with Gasteiger partial charge in [-0.1, -0.05) is 19.9 Å². The molecule has 1 unspecified atom stereocenters. The molecule has 140 valence electrons. The van der Waals surface area contributed by atoms with Gasteiger partial charge in [-0.25, -0.2) is 0 Å². The maximum atomic E-state index is 12.8. The molecule has 0 amide bonds. The molecular weight excluding hydrogens is 343 g/mol. The number of alkyl halides is 3. The predicted molar refractivity (Wildman–Crippen MR) is 92.9 cm³/mol. The molecule has 0 N–H and O–H groups in total. The lowest BCUT2D eigenvalue weighted by molar-refractivity contribution is -0.169. The van der Waals surface area contributed by atoms with Crippen LogP contribution in [-0.2, 0) is 19.4 Å². The smallest absolute Gasteiger partial charge is 0.391 e. The summed E-state index contributed by atoms with van der Waals surface area (Å²) >= 11 is 0. The van der Waals surface area contributed by atoms with Gasteiger partial charge in [0.15, 0.2) is 0 Å². The quantitative estimate of drug-likeness (QED) is 0.742. The predicted octanol–water partition coefficient (Wildman–Crippen LogP) is 4.75. The second kappa shape index (κ2) is 7.81. The summed E-state index contributed by atoms with van der Waals surface area (Å²) in [5.41, 5.74) is 3.00. The lowest BCUT2D eigenvalue weighted by Crippen LogP contribution is -2.21. The Morgan fingerprint density at radius 1 is 1.31 bits per heavy atom. The fraction of sp³-hybridized carbons (Fsp3) is 0.474. The van der Waals surface area contributed by atoms with Crippen LogP contribution in [0.15, 0.2) is 18.2 Å². The van der Waals surface area contributed by atoms with Crippen LogP contribution in [-0.4, -0.2) is 23.1 Å². The lowest BCUT2D eigenvalue weighted by atomic mass is 9.97. The molecule has 0 fully saturated rings. The van der Waals surface area contributed by atoms with Crippen molar-refractivity contribution in [3.8, 4) is 23.1 Å². The third kappa shape index (κ3) is 3.85. The van der Waals surface area contributed by atoms with E-state index >= 15 is 0 Å². The first-order chi connectivity index (χ1) is 12.3. The molecule has 26 heavy (non-hydrogen) atoms. The van der Waals surface area contributed by atoms with Crippen molar-refractivity contribution in [3.05, 3.63) is 35.0 Å². The van der Waals surface area contributed by atoms with Crippen LogP contribution in [0.5, 0.6) is 5.75 Å². The van der Waals surface area contributed by atoms with Crippen molar-refractivity contribution in [2.75, 3.05) is 7.11 Å². The Hall–Kier alpha value is -2.49. The number of aryl methyl sites for hydroxylation is 2. The van der Waals surface area contributed by atoms with Crippen molar-refractivity contribution < 1.29 is 17.9 Å². The van der Waals surface area contributed by atoms with Crippen LogP contribution in [0.2, 0.25) is 0 Å². The molecule has 2 rings (SSSR count). The third-order valence-electron chi connectivity index (χ3n) is 4.39. The summed E-state index contributed by atoms with van der Waals surface area (Å²) in [5, 5.41) is 14.0. The summed E-state index contributed by atoms with van der Waals surface area (Å²) in [6, 6.07) is 7.17. The van der Waals surface area contributed by atoms with Gasteiger partial charge in [-0.05, 0) is 37.5 Å². The summed E-state index contributed by atoms with van der Waals surface area (Å²) < 4.78 is 45.6. The standard InChI is InChI=1S/C19H22F3N3O/c1-5-16-15(11-23)18(25(6-2)24-16)14-8-7-13(10-17(14)26-4)9-12(3)19(20,21)22/h7-8,10,12H,5-6,9H2,1-4H3. The van der Waals surface area contributed by atoms with Gasteiger partial charge < -0.3 is 4.74 Å². The number of benzene rings is 1. The number of hydrogen-bond acceptors (Lipinski definition) is 3. The zero-order chi connectivity index (χ0) is 19.5. The Bertz CT molecular complexity index is 819. The number of aromatic nitrogens is 2. The second-order valence-electron chi connectivity index (χ2n) is 6.13. The molecule has 0 aliphatic rings. The SMILES string of the molecule is CCc1nn(CC)c(-c2ccc(CC(C)C(F)(F)F)cc2OC)c1C#N. The fourth-order valence-corrected chi connectivity index (χ4v) is 2.91. The molecule has 0 aliphatic carbocycles. The first kappa shape index (κ1) is 19.8. The highest BCUT2D eigenvalue weighted by molar-refractivity contribution is 5.74. The summed E-state index contributed by atoms with van der Waals surface area (Å²) in [6.07, 6.45) is -3.75. The highest BCUT2D eigenvalue weighted by atomic mass is 19.4.